The van der Waals surface area contributed by atoms with Crippen molar-refractivity contribution in [3.05, 3.63) is 0 Å². The van der Waals surface area contributed by atoms with Gasteiger partial charge in [-0.05, 0) is 39.4 Å². The smallest absolute Gasteiger partial charge is 0.247 e. The standard InChI is InChI=1S/C16H28N4O2S/c1-5-12(4)20-15(22)13(14(21)18-16(20)23)11-17-9-8-10-19(6-2)7-3/h11-13H,5-10H2,1-4H3,(H,18,21,23)/p+1/t12-,13+/m0/s1. The van der Waals surface area contributed by atoms with Crippen molar-refractivity contribution in [2.24, 2.45) is 10.9 Å². The van der Waals surface area contributed by atoms with Crippen LogP contribution in [0.3, 0.4) is 0 Å². The van der Waals surface area contributed by atoms with Crippen molar-refractivity contribution in [2.45, 2.75) is 46.6 Å². The molecule has 1 aliphatic rings. The van der Waals surface area contributed by atoms with E-state index in [1.165, 1.54) is 16.0 Å². The molecule has 23 heavy (non-hydrogen) atoms. The van der Waals surface area contributed by atoms with E-state index >= 15 is 0 Å². The van der Waals surface area contributed by atoms with Crippen LogP contribution in [0.2, 0.25) is 0 Å². The van der Waals surface area contributed by atoms with Crippen LogP contribution in [0.4, 0.5) is 0 Å². The van der Waals surface area contributed by atoms with Crippen molar-refractivity contribution in [1.82, 2.24) is 10.2 Å². The first-order chi connectivity index (χ1) is 11.0. The minimum Gasteiger partial charge on any atom is -0.335 e. The number of amides is 2. The number of rotatable bonds is 9. The third-order valence-corrected chi connectivity index (χ3v) is 4.64. The largest absolute Gasteiger partial charge is 0.335 e. The molecule has 0 spiro atoms. The van der Waals surface area contributed by atoms with Gasteiger partial charge in [-0.2, -0.15) is 0 Å². The van der Waals surface area contributed by atoms with Gasteiger partial charge in [0.15, 0.2) is 11.0 Å². The number of carbonyl (C=O) groups is 2. The first-order valence-corrected chi connectivity index (χ1v) is 8.88. The first-order valence-electron chi connectivity index (χ1n) is 8.47. The summed E-state index contributed by atoms with van der Waals surface area (Å²) < 4.78 is 0. The predicted molar refractivity (Wildman–Crippen MR) is 95.7 cm³/mol. The molecule has 2 N–H and O–H groups in total. The van der Waals surface area contributed by atoms with E-state index in [4.69, 9.17) is 12.2 Å². The van der Waals surface area contributed by atoms with Crippen LogP contribution in [0, 0.1) is 5.92 Å². The maximum Gasteiger partial charge on any atom is 0.247 e. The van der Waals surface area contributed by atoms with Crippen LogP contribution in [-0.2, 0) is 9.59 Å². The zero-order chi connectivity index (χ0) is 17.4. The van der Waals surface area contributed by atoms with Crippen molar-refractivity contribution in [3.63, 3.8) is 0 Å². The highest BCUT2D eigenvalue weighted by atomic mass is 32.1. The summed E-state index contributed by atoms with van der Waals surface area (Å²) in [7, 11) is 0. The van der Waals surface area contributed by atoms with Crippen molar-refractivity contribution in [2.75, 3.05) is 26.2 Å². The molecule has 0 aliphatic carbocycles. The molecular formula is C16H29N4O2S+. The second-order valence-electron chi connectivity index (χ2n) is 5.85. The van der Waals surface area contributed by atoms with Gasteiger partial charge < -0.3 is 10.2 Å². The summed E-state index contributed by atoms with van der Waals surface area (Å²) in [6.45, 7) is 12.1. The Morgan fingerprint density at radius 1 is 1.35 bits per heavy atom. The Morgan fingerprint density at radius 3 is 2.57 bits per heavy atom. The monoisotopic (exact) mass is 341 g/mol. The molecule has 0 aromatic rings. The molecule has 1 heterocycles. The summed E-state index contributed by atoms with van der Waals surface area (Å²) in [5.74, 6) is -1.51. The van der Waals surface area contributed by atoms with Crippen LogP contribution < -0.4 is 10.2 Å². The van der Waals surface area contributed by atoms with Gasteiger partial charge >= 0.3 is 0 Å². The Hall–Kier alpha value is -1.34. The molecule has 2 amide bonds. The molecular weight excluding hydrogens is 312 g/mol. The van der Waals surface area contributed by atoms with Gasteiger partial charge in [0.25, 0.3) is 0 Å². The van der Waals surface area contributed by atoms with Crippen molar-refractivity contribution in [3.8, 4) is 0 Å². The van der Waals surface area contributed by atoms with Gasteiger partial charge in [-0.15, -0.1) is 0 Å². The third-order valence-electron chi connectivity index (χ3n) is 4.34. The highest BCUT2D eigenvalue weighted by Crippen LogP contribution is 2.14. The second-order valence-corrected chi connectivity index (χ2v) is 6.24. The minimum absolute atomic E-state index is 0.0298. The molecule has 0 aromatic heterocycles. The van der Waals surface area contributed by atoms with Gasteiger partial charge in [0, 0.05) is 25.2 Å². The Labute approximate surface area is 144 Å². The molecule has 0 radical (unpaired) electrons. The van der Waals surface area contributed by atoms with Crippen LogP contribution in [0.5, 0.6) is 0 Å². The molecule has 0 bridgehead atoms. The topological polar surface area (TPSA) is 66.2 Å². The molecule has 1 aliphatic heterocycles. The van der Waals surface area contributed by atoms with Crippen molar-refractivity contribution < 1.29 is 14.5 Å². The van der Waals surface area contributed by atoms with E-state index in [1.54, 1.807) is 0 Å². The average Bonchev–Trinajstić information content (AvgIpc) is 2.52. The van der Waals surface area contributed by atoms with Gasteiger partial charge in [0.05, 0.1) is 19.6 Å². The van der Waals surface area contributed by atoms with Gasteiger partial charge in [0.2, 0.25) is 11.8 Å². The first kappa shape index (κ1) is 19.7. The lowest BCUT2D eigenvalue weighted by molar-refractivity contribution is -0.896. The number of nitrogens with zero attached hydrogens (tertiary/aromatic N) is 2. The highest BCUT2D eigenvalue weighted by Gasteiger charge is 2.39. The average molecular weight is 342 g/mol. The van der Waals surface area contributed by atoms with E-state index in [9.17, 15) is 9.59 Å². The normalized spacial score (nSPS) is 20.5. The maximum absolute atomic E-state index is 12.5. The van der Waals surface area contributed by atoms with Gasteiger partial charge in [-0.3, -0.25) is 19.5 Å². The van der Waals surface area contributed by atoms with E-state index in [0.717, 1.165) is 32.5 Å². The predicted octanol–water partition coefficient (Wildman–Crippen LogP) is 0.0300. The Balaban J connectivity index is 2.60. The minimum atomic E-state index is -0.864. The van der Waals surface area contributed by atoms with Crippen LogP contribution in [0.1, 0.15) is 40.5 Å². The zero-order valence-electron chi connectivity index (χ0n) is 14.6. The molecule has 7 heteroatoms. The fourth-order valence-electron chi connectivity index (χ4n) is 2.54. The lowest BCUT2D eigenvalue weighted by Gasteiger charge is -2.34. The summed E-state index contributed by atoms with van der Waals surface area (Å²) in [4.78, 5) is 31.8. The molecule has 6 nitrogen and oxygen atoms in total. The summed E-state index contributed by atoms with van der Waals surface area (Å²) in [6, 6.07) is -0.0298. The van der Waals surface area contributed by atoms with E-state index in [0.29, 0.717) is 6.54 Å². The molecule has 1 fully saturated rings. The number of hydrogen-bond acceptors (Lipinski definition) is 4. The molecule has 1 saturated heterocycles. The molecule has 0 saturated carbocycles. The van der Waals surface area contributed by atoms with E-state index in [1.807, 2.05) is 13.8 Å². The Morgan fingerprint density at radius 2 is 2.00 bits per heavy atom. The third kappa shape index (κ3) is 5.35. The van der Waals surface area contributed by atoms with E-state index in [2.05, 4.69) is 24.2 Å². The highest BCUT2D eigenvalue weighted by molar-refractivity contribution is 7.80. The Kier molecular flexibility index (Phi) is 8.33. The fourth-order valence-corrected chi connectivity index (χ4v) is 2.91. The summed E-state index contributed by atoms with van der Waals surface area (Å²) in [5, 5.41) is 2.80. The second kappa shape index (κ2) is 9.72. The van der Waals surface area contributed by atoms with Crippen molar-refractivity contribution >= 4 is 35.4 Å². The van der Waals surface area contributed by atoms with Crippen LogP contribution >= 0.6 is 12.2 Å². The number of hydrogen-bond donors (Lipinski definition) is 2. The molecule has 130 valence electrons. The van der Waals surface area contributed by atoms with Gasteiger partial charge in [-0.1, -0.05) is 6.92 Å². The van der Waals surface area contributed by atoms with Gasteiger partial charge in [-0.25, -0.2) is 0 Å². The number of aliphatic imine (C=N–C) groups is 1. The lowest BCUT2D eigenvalue weighted by Crippen LogP contribution is -3.11. The quantitative estimate of drug-likeness (QED) is 0.269. The van der Waals surface area contributed by atoms with Crippen LogP contribution in [0.15, 0.2) is 4.99 Å². The van der Waals surface area contributed by atoms with Crippen LogP contribution in [0.25, 0.3) is 0 Å². The van der Waals surface area contributed by atoms with E-state index < -0.39 is 5.92 Å². The van der Waals surface area contributed by atoms with Crippen LogP contribution in [-0.4, -0.2) is 60.3 Å². The molecule has 2 atom stereocenters. The number of nitrogens with one attached hydrogen (secondary N) is 2. The number of thiocarbonyl (C=S) groups is 1. The molecule has 0 aromatic carbocycles. The van der Waals surface area contributed by atoms with Crippen molar-refractivity contribution in [1.29, 1.82) is 0 Å². The Bertz CT molecular complexity index is 463. The molecule has 1 rings (SSSR count). The SMILES string of the molecule is CC[C@H](C)N1C(=O)[C@H](C=NCCC[NH+](CC)CC)C(=O)NC1=S. The number of carbonyl (C=O) groups excluding carboxylic acids is 2. The molecule has 0 unspecified atom stereocenters. The zero-order valence-corrected chi connectivity index (χ0v) is 15.4. The number of quaternary nitrogens is 1. The lowest BCUT2D eigenvalue weighted by atomic mass is 10.0. The van der Waals surface area contributed by atoms with E-state index in [-0.39, 0.29) is 23.0 Å². The van der Waals surface area contributed by atoms with Gasteiger partial charge in [0.1, 0.15) is 0 Å². The summed E-state index contributed by atoms with van der Waals surface area (Å²) >= 11 is 5.11. The summed E-state index contributed by atoms with van der Waals surface area (Å²) in [6.07, 6.45) is 3.20. The summed E-state index contributed by atoms with van der Waals surface area (Å²) in [5.41, 5.74) is 0. The fraction of sp³-hybridized carbons (Fsp3) is 0.750. The maximum atomic E-state index is 12.5.